The van der Waals surface area contributed by atoms with Gasteiger partial charge in [-0.2, -0.15) is 9.78 Å². The number of fused-ring (bicyclic) bond motifs is 2. The van der Waals surface area contributed by atoms with Gasteiger partial charge in [0.1, 0.15) is 11.5 Å². The smallest absolute Gasteiger partial charge is 0.282 e. The zero-order valence-electron chi connectivity index (χ0n) is 27.2. The number of carbonyl (C=O) groups is 1. The van der Waals surface area contributed by atoms with E-state index in [-0.39, 0.29) is 24.0 Å². The normalized spacial score (nSPS) is 11.5. The lowest BCUT2D eigenvalue weighted by Gasteiger charge is -2.18. The summed E-state index contributed by atoms with van der Waals surface area (Å²) in [5.41, 5.74) is 4.17. The maximum Gasteiger partial charge on any atom is 0.282 e. The van der Waals surface area contributed by atoms with E-state index in [1.165, 1.54) is 4.68 Å². The Hall–Kier alpha value is -5.47. The van der Waals surface area contributed by atoms with E-state index in [2.05, 4.69) is 19.2 Å². The second kappa shape index (κ2) is 14.1. The Balaban J connectivity index is 1.45. The maximum absolute atomic E-state index is 14.1. The van der Waals surface area contributed by atoms with Crippen molar-refractivity contribution in [3.05, 3.63) is 129 Å². The van der Waals surface area contributed by atoms with Crippen LogP contribution in [0, 0.1) is 6.92 Å². The van der Waals surface area contributed by atoms with Gasteiger partial charge in [0.15, 0.2) is 12.4 Å². The molecule has 5 aromatic carbocycles. The lowest BCUT2D eigenvalue weighted by molar-refractivity contribution is -0.118. The minimum absolute atomic E-state index is 0.169. The summed E-state index contributed by atoms with van der Waals surface area (Å²) in [6.45, 7) is 8.44. The molecule has 242 valence electrons. The average Bonchev–Trinajstić information content (AvgIpc) is 3.08. The molecule has 0 atom stereocenters. The molecule has 0 radical (unpaired) electrons. The van der Waals surface area contributed by atoms with Crippen LogP contribution in [0.4, 0.5) is 5.69 Å². The molecule has 1 N–H and O–H groups in total. The van der Waals surface area contributed by atoms with Gasteiger partial charge in [0.05, 0.1) is 23.7 Å². The lowest BCUT2D eigenvalue weighted by atomic mass is 9.96. The number of ether oxygens (including phenoxy) is 2. The molecule has 0 unspecified atom stereocenters. The van der Waals surface area contributed by atoms with E-state index in [9.17, 15) is 9.59 Å². The number of aryl methyl sites for hydroxylation is 1. The Labute approximate surface area is 283 Å². The minimum Gasteiger partial charge on any atom is -0.494 e. The maximum atomic E-state index is 14.1. The zero-order chi connectivity index (χ0) is 33.8. The number of anilines is 1. The molecule has 1 heterocycles. The van der Waals surface area contributed by atoms with Gasteiger partial charge in [-0.05, 0) is 96.3 Å². The van der Waals surface area contributed by atoms with E-state index in [1.54, 1.807) is 42.6 Å². The molecule has 1 amide bonds. The van der Waals surface area contributed by atoms with Crippen LogP contribution < -0.4 is 20.3 Å². The van der Waals surface area contributed by atoms with E-state index < -0.39 is 0 Å². The summed E-state index contributed by atoms with van der Waals surface area (Å²) in [5, 5.41) is 10.4. The molecule has 6 aromatic rings. The molecule has 0 spiro atoms. The molecule has 0 fully saturated rings. The van der Waals surface area contributed by atoms with E-state index in [4.69, 9.17) is 31.2 Å². The molecule has 0 saturated heterocycles. The summed E-state index contributed by atoms with van der Waals surface area (Å²) in [4.78, 5) is 31.9. The molecule has 1 aromatic heterocycles. The molecule has 0 aliphatic carbocycles. The lowest BCUT2D eigenvalue weighted by Crippen LogP contribution is -2.21. The first-order valence-corrected chi connectivity index (χ1v) is 16.1. The highest BCUT2D eigenvalue weighted by Gasteiger charge is 2.19. The molecular weight excluding hydrogens is 624 g/mol. The van der Waals surface area contributed by atoms with E-state index >= 15 is 0 Å². The van der Waals surface area contributed by atoms with Crippen LogP contribution in [0.1, 0.15) is 43.4 Å². The van der Waals surface area contributed by atoms with Gasteiger partial charge in [0.25, 0.3) is 11.5 Å². The Morgan fingerprint density at radius 3 is 2.42 bits per heavy atom. The Bertz CT molecular complexity index is 2230. The zero-order valence-corrected chi connectivity index (χ0v) is 27.9. The quantitative estimate of drug-likeness (QED) is 0.149. The van der Waals surface area contributed by atoms with Crippen LogP contribution in [0.2, 0.25) is 5.02 Å². The van der Waals surface area contributed by atoms with Crippen molar-refractivity contribution in [2.75, 3.05) is 18.5 Å². The van der Waals surface area contributed by atoms with Crippen molar-refractivity contribution in [1.29, 1.82) is 0 Å². The van der Waals surface area contributed by atoms with Gasteiger partial charge in [0.2, 0.25) is 0 Å². The van der Waals surface area contributed by atoms with Crippen LogP contribution in [0.5, 0.6) is 11.5 Å². The fraction of sp³-hybridized carbons (Fsp3) is 0.179. The largest absolute Gasteiger partial charge is 0.494 e. The topological polar surface area (TPSA) is 94.8 Å². The highest BCUT2D eigenvalue weighted by molar-refractivity contribution is 6.30. The number of aromatic nitrogens is 2. The SMILES string of the molecule is CCOc1cc(C)c(-c2nc3ccccc3c(=O)n2N=Cc2c(OCC(=O)Nc3ccc(Cl)cc3)ccc3ccccc23)cc1C(C)C. The van der Waals surface area contributed by atoms with Crippen LogP contribution >= 0.6 is 11.6 Å². The van der Waals surface area contributed by atoms with Crippen LogP contribution in [-0.2, 0) is 4.79 Å². The monoisotopic (exact) mass is 658 g/mol. The summed E-state index contributed by atoms with van der Waals surface area (Å²) in [6, 6.07) is 29.6. The number of nitrogens with one attached hydrogen (secondary N) is 1. The Morgan fingerprint density at radius 2 is 1.67 bits per heavy atom. The van der Waals surface area contributed by atoms with Crippen molar-refractivity contribution in [2.24, 2.45) is 5.10 Å². The molecule has 6 rings (SSSR count). The number of hydrogen-bond acceptors (Lipinski definition) is 6. The van der Waals surface area contributed by atoms with E-state index in [0.29, 0.717) is 45.4 Å². The minimum atomic E-state index is -0.336. The van der Waals surface area contributed by atoms with Crippen molar-refractivity contribution in [1.82, 2.24) is 9.66 Å². The third-order valence-corrected chi connectivity index (χ3v) is 8.25. The van der Waals surface area contributed by atoms with Crippen LogP contribution in [0.15, 0.2) is 107 Å². The Kier molecular flexibility index (Phi) is 9.55. The third-order valence-electron chi connectivity index (χ3n) is 7.99. The number of carbonyl (C=O) groups excluding carboxylic acids is 1. The fourth-order valence-electron chi connectivity index (χ4n) is 5.60. The first kappa shape index (κ1) is 32.5. The number of benzene rings is 5. The predicted octanol–water partition coefficient (Wildman–Crippen LogP) is 8.60. The average molecular weight is 659 g/mol. The fourth-order valence-corrected chi connectivity index (χ4v) is 5.73. The van der Waals surface area contributed by atoms with Crippen LogP contribution in [0.25, 0.3) is 33.1 Å². The molecule has 9 heteroatoms. The number of para-hydroxylation sites is 1. The van der Waals surface area contributed by atoms with Gasteiger partial charge in [0, 0.05) is 21.8 Å². The second-order valence-corrected chi connectivity index (χ2v) is 12.1. The summed E-state index contributed by atoms with van der Waals surface area (Å²) in [6.07, 6.45) is 1.60. The van der Waals surface area contributed by atoms with Gasteiger partial charge in [-0.1, -0.05) is 67.9 Å². The predicted molar refractivity (Wildman–Crippen MR) is 194 cm³/mol. The highest BCUT2D eigenvalue weighted by atomic mass is 35.5. The molecule has 0 saturated carbocycles. The highest BCUT2D eigenvalue weighted by Crippen LogP contribution is 2.34. The van der Waals surface area contributed by atoms with Crippen molar-refractivity contribution in [3.63, 3.8) is 0 Å². The van der Waals surface area contributed by atoms with Crippen molar-refractivity contribution >= 4 is 51.1 Å². The van der Waals surface area contributed by atoms with E-state index in [0.717, 1.165) is 33.2 Å². The third kappa shape index (κ3) is 6.80. The van der Waals surface area contributed by atoms with Gasteiger partial charge < -0.3 is 14.8 Å². The molecule has 8 nitrogen and oxygen atoms in total. The van der Waals surface area contributed by atoms with Crippen molar-refractivity contribution < 1.29 is 14.3 Å². The molecule has 0 aliphatic rings. The second-order valence-electron chi connectivity index (χ2n) is 11.6. The summed E-state index contributed by atoms with van der Waals surface area (Å²) in [7, 11) is 0. The van der Waals surface area contributed by atoms with Gasteiger partial charge in [-0.3, -0.25) is 9.59 Å². The van der Waals surface area contributed by atoms with Crippen LogP contribution in [-0.4, -0.2) is 35.0 Å². The van der Waals surface area contributed by atoms with Crippen LogP contribution in [0.3, 0.4) is 0 Å². The number of amides is 1. The summed E-state index contributed by atoms with van der Waals surface area (Å²) in [5.74, 6) is 1.48. The van der Waals surface area contributed by atoms with E-state index in [1.807, 2.05) is 74.5 Å². The summed E-state index contributed by atoms with van der Waals surface area (Å²) >= 11 is 5.98. The van der Waals surface area contributed by atoms with Crippen molar-refractivity contribution in [3.8, 4) is 22.9 Å². The number of rotatable bonds is 10. The molecular formula is C39H35ClN4O4. The summed E-state index contributed by atoms with van der Waals surface area (Å²) < 4.78 is 13.4. The number of hydrogen-bond donors (Lipinski definition) is 1. The van der Waals surface area contributed by atoms with Crippen molar-refractivity contribution in [2.45, 2.75) is 33.6 Å². The number of halogens is 1. The molecule has 0 bridgehead atoms. The standard InChI is InChI=1S/C39H35ClN4O4/c1-5-47-36-20-25(4)32(21-31(36)24(2)3)38-43-34-13-9-8-12-30(34)39(46)44(38)41-22-33-29-11-7-6-10-26(29)14-19-35(33)48-23-37(45)42-28-17-15-27(40)16-18-28/h6-22,24H,5,23H2,1-4H3,(H,42,45). The first-order valence-electron chi connectivity index (χ1n) is 15.8. The molecule has 0 aliphatic heterocycles. The Morgan fingerprint density at radius 1 is 0.938 bits per heavy atom. The van der Waals surface area contributed by atoms with Gasteiger partial charge in [-0.15, -0.1) is 0 Å². The molecule has 48 heavy (non-hydrogen) atoms. The number of nitrogens with zero attached hydrogens (tertiary/aromatic N) is 3. The van der Waals surface area contributed by atoms with Gasteiger partial charge in [-0.25, -0.2) is 4.98 Å². The first-order chi connectivity index (χ1) is 23.2. The van der Waals surface area contributed by atoms with Gasteiger partial charge >= 0.3 is 0 Å².